The Kier molecular flexibility index (Phi) is 16.5. The van der Waals surface area contributed by atoms with Crippen LogP contribution in [0.1, 0.15) is 31.2 Å². The van der Waals surface area contributed by atoms with Crippen molar-refractivity contribution in [3.63, 3.8) is 0 Å². The molecule has 0 saturated heterocycles. The fourth-order valence-electron chi connectivity index (χ4n) is 3.78. The standard InChI is InChI=1S/C27H36N6O14/c28-14(6-7-20(36)37)23(42)33-18(12-34)26(45)31-15(8-13-4-2-1-3-5-13)25(44)32-16(9-21(38)39)24(43)29-11-19(35)30-17(27(46)47)10-22(40)41/h1-5,14-18,34H,6-12,28H2,(H,29,43)(H,30,35)(H,31,45)(H,32,44)(H,33,42)(H,36,37)(H,38,39)(H,40,41)(H,46,47)/t14-,15-,16-,17-,18-/m0/s1. The van der Waals surface area contributed by atoms with Crippen molar-refractivity contribution in [2.24, 2.45) is 5.73 Å². The quantitative estimate of drug-likeness (QED) is 0.0588. The normalized spacial score (nSPS) is 13.7. The van der Waals surface area contributed by atoms with Gasteiger partial charge >= 0.3 is 23.9 Å². The minimum Gasteiger partial charge on any atom is -0.481 e. The van der Waals surface area contributed by atoms with E-state index < -0.39 is 116 Å². The molecule has 1 rings (SSSR count). The number of carboxylic acid groups (broad SMARTS) is 4. The summed E-state index contributed by atoms with van der Waals surface area (Å²) in [5.41, 5.74) is 6.11. The molecule has 258 valence electrons. The number of hydrogen-bond donors (Lipinski definition) is 11. The molecular formula is C27H36N6O14. The Morgan fingerprint density at radius 1 is 0.638 bits per heavy atom. The number of carbonyl (C=O) groups is 9. The smallest absolute Gasteiger partial charge is 0.326 e. The third kappa shape index (κ3) is 15.3. The van der Waals surface area contributed by atoms with Crippen molar-refractivity contribution in [1.29, 1.82) is 0 Å². The second-order valence-corrected chi connectivity index (χ2v) is 9.97. The van der Waals surface area contributed by atoms with Crippen LogP contribution >= 0.6 is 0 Å². The van der Waals surface area contributed by atoms with Crippen LogP contribution in [0.15, 0.2) is 30.3 Å². The number of carboxylic acids is 4. The van der Waals surface area contributed by atoms with Gasteiger partial charge in [-0.2, -0.15) is 0 Å². The van der Waals surface area contributed by atoms with Crippen LogP contribution in [0.5, 0.6) is 0 Å². The van der Waals surface area contributed by atoms with Crippen molar-refractivity contribution in [1.82, 2.24) is 26.6 Å². The lowest BCUT2D eigenvalue weighted by atomic mass is 10.0. The fraction of sp³-hybridized carbons (Fsp3) is 0.444. The fourth-order valence-corrected chi connectivity index (χ4v) is 3.78. The van der Waals surface area contributed by atoms with Gasteiger partial charge in [0.15, 0.2) is 0 Å². The zero-order valence-electron chi connectivity index (χ0n) is 24.7. The molecule has 5 atom stereocenters. The Morgan fingerprint density at radius 3 is 1.70 bits per heavy atom. The number of aliphatic hydroxyl groups excluding tert-OH is 1. The molecule has 12 N–H and O–H groups in total. The van der Waals surface area contributed by atoms with E-state index in [9.17, 15) is 53.4 Å². The van der Waals surface area contributed by atoms with Crippen molar-refractivity contribution in [2.75, 3.05) is 13.2 Å². The molecule has 0 aliphatic carbocycles. The van der Waals surface area contributed by atoms with Crippen LogP contribution in [-0.2, 0) is 49.6 Å². The minimum atomic E-state index is -1.84. The Balaban J connectivity index is 3.08. The number of nitrogens with one attached hydrogen (secondary N) is 5. The highest BCUT2D eigenvalue weighted by molar-refractivity contribution is 5.97. The molecule has 1 aromatic rings. The molecule has 0 unspecified atom stereocenters. The second-order valence-electron chi connectivity index (χ2n) is 9.97. The van der Waals surface area contributed by atoms with Crippen LogP contribution in [0.4, 0.5) is 0 Å². The summed E-state index contributed by atoms with van der Waals surface area (Å²) in [6.07, 6.45) is -2.94. The molecule has 0 bridgehead atoms. The predicted octanol–water partition coefficient (Wildman–Crippen LogP) is -4.50. The van der Waals surface area contributed by atoms with Gasteiger partial charge in [-0.3, -0.25) is 38.4 Å². The highest BCUT2D eigenvalue weighted by Gasteiger charge is 2.32. The third-order valence-corrected chi connectivity index (χ3v) is 6.18. The van der Waals surface area contributed by atoms with Gasteiger partial charge in [0.05, 0.1) is 32.0 Å². The summed E-state index contributed by atoms with van der Waals surface area (Å²) in [5, 5.41) is 56.1. The number of amides is 5. The van der Waals surface area contributed by atoms with Crippen LogP contribution in [0, 0.1) is 0 Å². The van der Waals surface area contributed by atoms with Gasteiger partial charge in [0, 0.05) is 12.8 Å². The monoisotopic (exact) mass is 668 g/mol. The summed E-state index contributed by atoms with van der Waals surface area (Å²) >= 11 is 0. The topological polar surface area (TPSA) is 341 Å². The largest absolute Gasteiger partial charge is 0.481 e. The lowest BCUT2D eigenvalue weighted by Crippen LogP contribution is -2.59. The maximum Gasteiger partial charge on any atom is 0.326 e. The number of aliphatic carboxylic acids is 4. The lowest BCUT2D eigenvalue weighted by Gasteiger charge is -2.25. The summed E-state index contributed by atoms with van der Waals surface area (Å²) in [7, 11) is 0. The molecule has 0 aliphatic heterocycles. The third-order valence-electron chi connectivity index (χ3n) is 6.18. The first-order chi connectivity index (χ1) is 22.0. The summed E-state index contributed by atoms with van der Waals surface area (Å²) in [6.45, 7) is -1.89. The molecular weight excluding hydrogens is 632 g/mol. The van der Waals surface area contributed by atoms with E-state index in [1.807, 2.05) is 10.6 Å². The second kappa shape index (κ2) is 19.7. The summed E-state index contributed by atoms with van der Waals surface area (Å²) < 4.78 is 0. The molecule has 0 aliphatic rings. The van der Waals surface area contributed by atoms with Crippen LogP contribution < -0.4 is 32.3 Å². The van der Waals surface area contributed by atoms with Gasteiger partial charge in [-0.1, -0.05) is 30.3 Å². The van der Waals surface area contributed by atoms with E-state index in [1.165, 1.54) is 0 Å². The van der Waals surface area contributed by atoms with E-state index in [-0.39, 0.29) is 12.8 Å². The molecule has 20 nitrogen and oxygen atoms in total. The zero-order valence-corrected chi connectivity index (χ0v) is 24.7. The first kappa shape index (κ1) is 39.4. The number of rotatable bonds is 21. The van der Waals surface area contributed by atoms with Crippen LogP contribution in [-0.4, -0.2) is 122 Å². The number of aliphatic hydroxyl groups is 1. The van der Waals surface area contributed by atoms with Crippen molar-refractivity contribution >= 4 is 53.4 Å². The SMILES string of the molecule is N[C@@H](CCC(=O)O)C(=O)N[C@@H](CO)C(=O)N[C@@H](Cc1ccccc1)C(=O)N[C@@H](CC(=O)O)C(=O)NCC(=O)N[C@@H](CC(=O)O)C(=O)O. The Morgan fingerprint density at radius 2 is 1.17 bits per heavy atom. The molecule has 0 fully saturated rings. The average molecular weight is 669 g/mol. The molecule has 0 aromatic heterocycles. The number of hydrogen-bond acceptors (Lipinski definition) is 11. The maximum absolute atomic E-state index is 13.3. The molecule has 5 amide bonds. The van der Waals surface area contributed by atoms with Gasteiger partial charge in [0.1, 0.15) is 24.2 Å². The maximum atomic E-state index is 13.3. The molecule has 0 spiro atoms. The van der Waals surface area contributed by atoms with Gasteiger partial charge in [0.25, 0.3) is 0 Å². The zero-order chi connectivity index (χ0) is 35.7. The molecule has 0 radical (unpaired) electrons. The molecule has 1 aromatic carbocycles. The minimum absolute atomic E-state index is 0.230. The van der Waals surface area contributed by atoms with Crippen molar-refractivity contribution in [3.05, 3.63) is 35.9 Å². The predicted molar refractivity (Wildman–Crippen MR) is 155 cm³/mol. The van der Waals surface area contributed by atoms with E-state index in [2.05, 4.69) is 16.0 Å². The van der Waals surface area contributed by atoms with Crippen LogP contribution in [0.2, 0.25) is 0 Å². The number of benzene rings is 1. The van der Waals surface area contributed by atoms with E-state index in [4.69, 9.17) is 21.1 Å². The summed E-state index contributed by atoms with van der Waals surface area (Å²) in [6, 6.07) is -0.168. The first-order valence-electron chi connectivity index (χ1n) is 13.8. The van der Waals surface area contributed by atoms with Gasteiger partial charge < -0.3 is 57.9 Å². The number of carbonyl (C=O) groups excluding carboxylic acids is 5. The number of nitrogens with two attached hydrogens (primary N) is 1. The molecule has 20 heteroatoms. The van der Waals surface area contributed by atoms with E-state index in [1.54, 1.807) is 30.3 Å². The highest BCUT2D eigenvalue weighted by Crippen LogP contribution is 2.06. The summed E-state index contributed by atoms with van der Waals surface area (Å²) in [5.74, 6) is -11.5. The lowest BCUT2D eigenvalue weighted by molar-refractivity contribution is -0.147. The molecule has 0 saturated carbocycles. The van der Waals surface area contributed by atoms with Crippen molar-refractivity contribution in [2.45, 2.75) is 62.3 Å². The average Bonchev–Trinajstić information content (AvgIpc) is 2.99. The highest BCUT2D eigenvalue weighted by atomic mass is 16.4. The van der Waals surface area contributed by atoms with Gasteiger partial charge in [-0.15, -0.1) is 0 Å². The molecule has 47 heavy (non-hydrogen) atoms. The first-order valence-corrected chi connectivity index (χ1v) is 13.8. The Bertz CT molecular complexity index is 1320. The van der Waals surface area contributed by atoms with Crippen LogP contribution in [0.3, 0.4) is 0 Å². The van der Waals surface area contributed by atoms with E-state index in [0.29, 0.717) is 5.56 Å². The van der Waals surface area contributed by atoms with Gasteiger partial charge in [0.2, 0.25) is 29.5 Å². The van der Waals surface area contributed by atoms with Gasteiger partial charge in [-0.25, -0.2) is 4.79 Å². The van der Waals surface area contributed by atoms with Gasteiger partial charge in [-0.05, 0) is 12.0 Å². The van der Waals surface area contributed by atoms with Crippen LogP contribution in [0.25, 0.3) is 0 Å². The Hall–Kier alpha value is -5.63. The molecule has 0 heterocycles. The van der Waals surface area contributed by atoms with Crippen molar-refractivity contribution < 1.29 is 68.7 Å². The Labute approximate surface area is 266 Å². The van der Waals surface area contributed by atoms with E-state index in [0.717, 1.165) is 0 Å². The van der Waals surface area contributed by atoms with E-state index >= 15 is 0 Å². The van der Waals surface area contributed by atoms with Crippen molar-refractivity contribution in [3.8, 4) is 0 Å². The summed E-state index contributed by atoms with van der Waals surface area (Å²) in [4.78, 5) is 108.